The molecule has 0 amide bonds. The molecule has 0 spiro atoms. The molecule has 1 N–H and O–H groups in total. The highest BCUT2D eigenvalue weighted by molar-refractivity contribution is 5.20. The fourth-order valence-corrected chi connectivity index (χ4v) is 4.10. The summed E-state index contributed by atoms with van der Waals surface area (Å²) >= 11 is 0. The molecule has 122 valence electrons. The lowest BCUT2D eigenvalue weighted by Crippen LogP contribution is -2.29. The first kappa shape index (κ1) is 14.9. The zero-order valence-electron chi connectivity index (χ0n) is 13.7. The summed E-state index contributed by atoms with van der Waals surface area (Å²) in [5.41, 5.74) is 1.48. The molecule has 1 saturated heterocycles. The smallest absolute Gasteiger partial charge is 0.133 e. The second kappa shape index (κ2) is 6.83. The van der Waals surface area contributed by atoms with Crippen LogP contribution in [-0.2, 0) is 19.4 Å². The first-order valence-electron chi connectivity index (χ1n) is 9.07. The number of fused-ring (bicyclic) bond motifs is 1. The van der Waals surface area contributed by atoms with Crippen LogP contribution in [0.25, 0.3) is 0 Å². The van der Waals surface area contributed by atoms with E-state index in [1.54, 1.807) is 0 Å². The van der Waals surface area contributed by atoms with Crippen molar-refractivity contribution >= 4 is 0 Å². The molecule has 2 aliphatic rings. The van der Waals surface area contributed by atoms with Gasteiger partial charge in [-0.15, -0.1) is 10.2 Å². The maximum absolute atomic E-state index is 4.52. The van der Waals surface area contributed by atoms with Gasteiger partial charge in [0.25, 0.3) is 0 Å². The number of benzene rings is 1. The number of hydrogen-bond acceptors (Lipinski definition) is 3. The van der Waals surface area contributed by atoms with Crippen LogP contribution in [0.15, 0.2) is 30.3 Å². The van der Waals surface area contributed by atoms with Gasteiger partial charge in [0.05, 0.1) is 0 Å². The molecule has 4 heteroatoms. The first-order chi connectivity index (χ1) is 11.4. The third kappa shape index (κ3) is 3.32. The van der Waals surface area contributed by atoms with Gasteiger partial charge in [-0.1, -0.05) is 30.3 Å². The van der Waals surface area contributed by atoms with Gasteiger partial charge < -0.3 is 9.88 Å². The summed E-state index contributed by atoms with van der Waals surface area (Å²) in [7, 11) is 0. The predicted molar refractivity (Wildman–Crippen MR) is 91.4 cm³/mol. The highest BCUT2D eigenvalue weighted by atomic mass is 15.3. The number of piperidine rings is 1. The molecule has 1 atom stereocenters. The third-order valence-electron chi connectivity index (χ3n) is 5.52. The van der Waals surface area contributed by atoms with Crippen LogP contribution in [0.1, 0.15) is 48.8 Å². The first-order valence-corrected chi connectivity index (χ1v) is 9.07. The SMILES string of the molecule is c1ccc(C2CCc3nnc(CC4CCNCC4)n3CC2)cc1. The van der Waals surface area contributed by atoms with E-state index in [0.717, 1.165) is 38.4 Å². The van der Waals surface area contributed by atoms with Crippen LogP contribution in [0.3, 0.4) is 0 Å². The number of hydrogen-bond donors (Lipinski definition) is 1. The quantitative estimate of drug-likeness (QED) is 0.948. The van der Waals surface area contributed by atoms with Crippen LogP contribution in [-0.4, -0.2) is 27.9 Å². The van der Waals surface area contributed by atoms with Crippen molar-refractivity contribution < 1.29 is 0 Å². The Morgan fingerprint density at radius 2 is 1.83 bits per heavy atom. The van der Waals surface area contributed by atoms with Crippen LogP contribution in [0.2, 0.25) is 0 Å². The molecule has 2 aliphatic heterocycles. The van der Waals surface area contributed by atoms with Crippen molar-refractivity contribution in [1.82, 2.24) is 20.1 Å². The number of nitrogens with one attached hydrogen (secondary N) is 1. The average Bonchev–Trinajstić information content (AvgIpc) is 2.86. The molecule has 1 fully saturated rings. The minimum Gasteiger partial charge on any atom is -0.317 e. The van der Waals surface area contributed by atoms with E-state index in [4.69, 9.17) is 0 Å². The van der Waals surface area contributed by atoms with E-state index < -0.39 is 0 Å². The van der Waals surface area contributed by atoms with Crippen LogP contribution in [0.4, 0.5) is 0 Å². The summed E-state index contributed by atoms with van der Waals surface area (Å²) in [4.78, 5) is 0. The molecule has 23 heavy (non-hydrogen) atoms. The maximum atomic E-state index is 4.52. The molecule has 1 aromatic heterocycles. The lowest BCUT2D eigenvalue weighted by atomic mass is 9.92. The van der Waals surface area contributed by atoms with Gasteiger partial charge in [-0.2, -0.15) is 0 Å². The number of nitrogens with zero attached hydrogens (tertiary/aromatic N) is 3. The van der Waals surface area contributed by atoms with Gasteiger partial charge in [-0.05, 0) is 56.2 Å². The molecular formula is C19H26N4. The monoisotopic (exact) mass is 310 g/mol. The van der Waals surface area contributed by atoms with Gasteiger partial charge in [-0.3, -0.25) is 0 Å². The van der Waals surface area contributed by atoms with Crippen molar-refractivity contribution in [3.8, 4) is 0 Å². The summed E-state index contributed by atoms with van der Waals surface area (Å²) < 4.78 is 2.42. The fraction of sp³-hybridized carbons (Fsp3) is 0.579. The van der Waals surface area contributed by atoms with Gasteiger partial charge in [0.15, 0.2) is 0 Å². The van der Waals surface area contributed by atoms with Gasteiger partial charge >= 0.3 is 0 Å². The number of rotatable bonds is 3. The number of aromatic nitrogens is 3. The Balaban J connectivity index is 1.46. The minimum atomic E-state index is 0.657. The molecule has 3 heterocycles. The van der Waals surface area contributed by atoms with E-state index in [1.807, 2.05) is 0 Å². The molecule has 1 unspecified atom stereocenters. The zero-order chi connectivity index (χ0) is 15.5. The summed E-state index contributed by atoms with van der Waals surface area (Å²) in [6, 6.07) is 11.0. The summed E-state index contributed by atoms with van der Waals surface area (Å²) in [6.07, 6.45) is 7.09. The second-order valence-electron chi connectivity index (χ2n) is 7.02. The lowest BCUT2D eigenvalue weighted by Gasteiger charge is -2.22. The van der Waals surface area contributed by atoms with E-state index in [-0.39, 0.29) is 0 Å². The highest BCUT2D eigenvalue weighted by Crippen LogP contribution is 2.29. The Labute approximate surface area is 138 Å². The van der Waals surface area contributed by atoms with Crippen molar-refractivity contribution in [1.29, 1.82) is 0 Å². The molecule has 1 aromatic carbocycles. The van der Waals surface area contributed by atoms with E-state index in [0.29, 0.717) is 5.92 Å². The zero-order valence-corrected chi connectivity index (χ0v) is 13.7. The molecule has 4 rings (SSSR count). The van der Waals surface area contributed by atoms with Gasteiger partial charge in [-0.25, -0.2) is 0 Å². The Kier molecular flexibility index (Phi) is 4.42. The van der Waals surface area contributed by atoms with Crippen molar-refractivity contribution in [2.45, 2.75) is 51.0 Å². The summed E-state index contributed by atoms with van der Waals surface area (Å²) in [5, 5.41) is 12.5. The summed E-state index contributed by atoms with van der Waals surface area (Å²) in [6.45, 7) is 3.38. The normalized spacial score (nSPS) is 22.5. The minimum absolute atomic E-state index is 0.657. The molecule has 0 aliphatic carbocycles. The lowest BCUT2D eigenvalue weighted by molar-refractivity contribution is 0.361. The fourth-order valence-electron chi connectivity index (χ4n) is 4.10. The highest BCUT2D eigenvalue weighted by Gasteiger charge is 2.23. The third-order valence-corrected chi connectivity index (χ3v) is 5.52. The Morgan fingerprint density at radius 1 is 1.00 bits per heavy atom. The van der Waals surface area contributed by atoms with E-state index in [2.05, 4.69) is 50.4 Å². The van der Waals surface area contributed by atoms with Crippen LogP contribution >= 0.6 is 0 Å². The van der Waals surface area contributed by atoms with Gasteiger partial charge in [0.1, 0.15) is 11.6 Å². The average molecular weight is 310 g/mol. The Bertz CT molecular complexity index is 628. The molecular weight excluding hydrogens is 284 g/mol. The second-order valence-corrected chi connectivity index (χ2v) is 7.02. The van der Waals surface area contributed by atoms with Crippen LogP contribution in [0.5, 0.6) is 0 Å². The van der Waals surface area contributed by atoms with Crippen molar-refractivity contribution in [2.24, 2.45) is 5.92 Å². The van der Waals surface area contributed by atoms with Crippen LogP contribution in [0, 0.1) is 5.92 Å². The molecule has 0 radical (unpaired) electrons. The standard InChI is InChI=1S/C19H26N4/c1-2-4-16(5-3-1)17-6-7-18-21-22-19(23(18)13-10-17)14-15-8-11-20-12-9-15/h1-5,15,17,20H,6-14H2. The van der Waals surface area contributed by atoms with Gasteiger partial charge in [0, 0.05) is 19.4 Å². The summed E-state index contributed by atoms with van der Waals surface area (Å²) in [5.74, 6) is 3.86. The van der Waals surface area contributed by atoms with E-state index in [9.17, 15) is 0 Å². The van der Waals surface area contributed by atoms with Crippen molar-refractivity contribution in [3.05, 3.63) is 47.5 Å². The molecule has 0 saturated carbocycles. The Morgan fingerprint density at radius 3 is 2.65 bits per heavy atom. The van der Waals surface area contributed by atoms with Crippen molar-refractivity contribution in [3.63, 3.8) is 0 Å². The molecule has 2 aromatic rings. The van der Waals surface area contributed by atoms with Crippen molar-refractivity contribution in [2.75, 3.05) is 13.1 Å². The largest absolute Gasteiger partial charge is 0.317 e. The topological polar surface area (TPSA) is 42.7 Å². The maximum Gasteiger partial charge on any atom is 0.133 e. The van der Waals surface area contributed by atoms with Gasteiger partial charge in [0.2, 0.25) is 0 Å². The van der Waals surface area contributed by atoms with E-state index in [1.165, 1.54) is 42.9 Å². The molecule has 0 bridgehead atoms. The Hall–Kier alpha value is -1.68. The predicted octanol–water partition coefficient (Wildman–Crippen LogP) is 2.94. The number of aryl methyl sites for hydroxylation is 1. The van der Waals surface area contributed by atoms with Crippen LogP contribution < -0.4 is 5.32 Å². The van der Waals surface area contributed by atoms with E-state index >= 15 is 0 Å². The molecule has 4 nitrogen and oxygen atoms in total.